The summed E-state index contributed by atoms with van der Waals surface area (Å²) in [4.78, 5) is 28.8. The van der Waals surface area contributed by atoms with E-state index in [1.165, 1.54) is 19.3 Å². The van der Waals surface area contributed by atoms with Crippen LogP contribution in [0.25, 0.3) is 0 Å². The van der Waals surface area contributed by atoms with Crippen molar-refractivity contribution in [3.05, 3.63) is 48.0 Å². The first kappa shape index (κ1) is 19.3. The lowest BCUT2D eigenvalue weighted by molar-refractivity contribution is -0.117. The second-order valence-corrected chi connectivity index (χ2v) is 7.58. The molecule has 2 saturated heterocycles. The predicted octanol–water partition coefficient (Wildman–Crippen LogP) is 4.06. The molecule has 0 unspecified atom stereocenters. The molecule has 2 fully saturated rings. The van der Waals surface area contributed by atoms with E-state index in [1.807, 2.05) is 30.3 Å². The van der Waals surface area contributed by atoms with Crippen LogP contribution in [0.15, 0.2) is 42.5 Å². The number of piperidine rings is 1. The molecule has 0 atom stereocenters. The Balaban J connectivity index is 1.50. The van der Waals surface area contributed by atoms with E-state index < -0.39 is 0 Å². The van der Waals surface area contributed by atoms with Gasteiger partial charge in [-0.25, -0.2) is 0 Å². The molecule has 0 spiro atoms. The highest BCUT2D eigenvalue weighted by Crippen LogP contribution is 2.31. The van der Waals surface area contributed by atoms with Crippen LogP contribution >= 0.6 is 0 Å². The maximum Gasteiger partial charge on any atom is 0.255 e. The molecule has 2 heterocycles. The summed E-state index contributed by atoms with van der Waals surface area (Å²) in [5.41, 5.74) is 3.16. The average molecular weight is 393 g/mol. The number of carbonyl (C=O) groups excluding carboxylic acids is 2. The van der Waals surface area contributed by atoms with Crippen LogP contribution < -0.4 is 19.9 Å². The van der Waals surface area contributed by atoms with Crippen molar-refractivity contribution in [1.82, 2.24) is 0 Å². The van der Waals surface area contributed by atoms with E-state index in [9.17, 15) is 9.59 Å². The van der Waals surface area contributed by atoms with Crippen LogP contribution in [-0.2, 0) is 4.79 Å². The van der Waals surface area contributed by atoms with Gasteiger partial charge in [0.25, 0.3) is 5.91 Å². The zero-order valence-electron chi connectivity index (χ0n) is 16.8. The van der Waals surface area contributed by atoms with E-state index >= 15 is 0 Å². The Labute approximate surface area is 171 Å². The number of nitrogens with zero attached hydrogens (tertiary/aromatic N) is 2. The van der Waals surface area contributed by atoms with Gasteiger partial charge in [0.2, 0.25) is 5.91 Å². The lowest BCUT2D eigenvalue weighted by atomic mass is 10.1. The topological polar surface area (TPSA) is 61.9 Å². The van der Waals surface area contributed by atoms with Crippen molar-refractivity contribution in [2.45, 2.75) is 32.1 Å². The van der Waals surface area contributed by atoms with Crippen molar-refractivity contribution < 1.29 is 14.3 Å². The molecule has 1 N–H and O–H groups in total. The third kappa shape index (κ3) is 4.21. The molecule has 0 bridgehead atoms. The monoisotopic (exact) mass is 393 g/mol. The molecule has 0 radical (unpaired) electrons. The number of benzene rings is 2. The van der Waals surface area contributed by atoms with Gasteiger partial charge in [0.05, 0.1) is 12.8 Å². The number of nitrogens with one attached hydrogen (secondary N) is 1. The Bertz CT molecular complexity index is 889. The fourth-order valence-corrected chi connectivity index (χ4v) is 4.05. The van der Waals surface area contributed by atoms with Crippen LogP contribution in [-0.4, -0.2) is 38.6 Å². The normalized spacial score (nSPS) is 16.8. The van der Waals surface area contributed by atoms with Crippen molar-refractivity contribution in [3.8, 4) is 5.75 Å². The first-order valence-electron chi connectivity index (χ1n) is 10.3. The minimum absolute atomic E-state index is 0.140. The summed E-state index contributed by atoms with van der Waals surface area (Å²) in [6, 6.07) is 13.1. The molecular formula is C23H27N3O3. The van der Waals surface area contributed by atoms with Crippen molar-refractivity contribution in [2.75, 3.05) is 41.9 Å². The Hall–Kier alpha value is -3.02. The third-order valence-corrected chi connectivity index (χ3v) is 5.67. The summed E-state index contributed by atoms with van der Waals surface area (Å²) in [5, 5.41) is 2.98. The second-order valence-electron chi connectivity index (χ2n) is 7.58. The minimum atomic E-state index is -0.196. The molecule has 6 heteroatoms. The second kappa shape index (κ2) is 8.55. The van der Waals surface area contributed by atoms with E-state index in [-0.39, 0.29) is 11.8 Å². The van der Waals surface area contributed by atoms with Crippen molar-refractivity contribution in [2.24, 2.45) is 0 Å². The lowest BCUT2D eigenvalue weighted by Crippen LogP contribution is -2.29. The zero-order chi connectivity index (χ0) is 20.2. The van der Waals surface area contributed by atoms with Crippen LogP contribution in [0.1, 0.15) is 42.5 Å². The number of methoxy groups -OCH3 is 1. The molecule has 2 aliphatic rings. The largest absolute Gasteiger partial charge is 0.495 e. The molecular weight excluding hydrogens is 366 g/mol. The molecule has 4 rings (SSSR count). The average Bonchev–Trinajstić information content (AvgIpc) is 3.20. The first-order chi connectivity index (χ1) is 14.2. The van der Waals surface area contributed by atoms with E-state index in [1.54, 1.807) is 24.1 Å². The van der Waals surface area contributed by atoms with Gasteiger partial charge in [0.15, 0.2) is 0 Å². The third-order valence-electron chi connectivity index (χ3n) is 5.67. The number of hydrogen-bond donors (Lipinski definition) is 1. The Kier molecular flexibility index (Phi) is 5.69. The number of amides is 2. The molecule has 2 amide bonds. The van der Waals surface area contributed by atoms with E-state index in [4.69, 9.17) is 4.74 Å². The molecule has 6 nitrogen and oxygen atoms in total. The first-order valence-corrected chi connectivity index (χ1v) is 10.3. The standard InChI is InChI=1S/C23H27N3O3/c1-29-21-12-11-19(25-13-3-2-4-14-25)16-20(21)24-23(28)17-7-9-18(10-8-17)26-15-5-6-22(26)27/h7-12,16H,2-6,13-15H2,1H3,(H,24,28). The van der Waals surface area contributed by atoms with Crippen LogP contribution in [0.3, 0.4) is 0 Å². The smallest absolute Gasteiger partial charge is 0.255 e. The zero-order valence-corrected chi connectivity index (χ0v) is 16.8. The van der Waals surface area contributed by atoms with Crippen molar-refractivity contribution in [1.29, 1.82) is 0 Å². The van der Waals surface area contributed by atoms with Gasteiger partial charge in [-0.2, -0.15) is 0 Å². The van der Waals surface area contributed by atoms with E-state index in [0.717, 1.165) is 37.4 Å². The van der Waals surface area contributed by atoms with Gasteiger partial charge < -0.3 is 19.9 Å². The van der Waals surface area contributed by atoms with Crippen molar-refractivity contribution in [3.63, 3.8) is 0 Å². The van der Waals surface area contributed by atoms with Gasteiger partial charge in [-0.15, -0.1) is 0 Å². The highest BCUT2D eigenvalue weighted by atomic mass is 16.5. The maximum atomic E-state index is 12.8. The number of ether oxygens (including phenoxy) is 1. The van der Waals surface area contributed by atoms with Gasteiger partial charge >= 0.3 is 0 Å². The summed E-state index contributed by atoms with van der Waals surface area (Å²) in [6.45, 7) is 2.82. The SMILES string of the molecule is COc1ccc(N2CCCCC2)cc1NC(=O)c1ccc(N2CCCC2=O)cc1. The van der Waals surface area contributed by atoms with Crippen LogP contribution in [0.2, 0.25) is 0 Å². The van der Waals surface area contributed by atoms with Gasteiger partial charge in [-0.3, -0.25) is 9.59 Å². The lowest BCUT2D eigenvalue weighted by Gasteiger charge is -2.29. The van der Waals surface area contributed by atoms with Crippen LogP contribution in [0, 0.1) is 0 Å². The molecule has 152 valence electrons. The number of anilines is 3. The predicted molar refractivity (Wildman–Crippen MR) is 115 cm³/mol. The summed E-state index contributed by atoms with van der Waals surface area (Å²) in [6.07, 6.45) is 5.14. The minimum Gasteiger partial charge on any atom is -0.495 e. The molecule has 0 aliphatic carbocycles. The van der Waals surface area contributed by atoms with Crippen LogP contribution in [0.4, 0.5) is 17.1 Å². The summed E-state index contributed by atoms with van der Waals surface area (Å²) in [7, 11) is 1.60. The molecule has 2 aliphatic heterocycles. The fourth-order valence-electron chi connectivity index (χ4n) is 4.05. The Morgan fingerprint density at radius 2 is 1.66 bits per heavy atom. The number of carbonyl (C=O) groups is 2. The quantitative estimate of drug-likeness (QED) is 0.832. The fraction of sp³-hybridized carbons (Fsp3) is 0.391. The molecule has 0 saturated carbocycles. The van der Waals surface area contributed by atoms with Gasteiger partial charge in [-0.1, -0.05) is 0 Å². The summed E-state index contributed by atoms with van der Waals surface area (Å²) >= 11 is 0. The molecule has 2 aromatic rings. The maximum absolute atomic E-state index is 12.8. The summed E-state index contributed by atoms with van der Waals surface area (Å²) < 4.78 is 5.45. The summed E-state index contributed by atoms with van der Waals surface area (Å²) in [5.74, 6) is 0.582. The van der Waals surface area contributed by atoms with Crippen molar-refractivity contribution >= 4 is 28.9 Å². The van der Waals surface area contributed by atoms with Gasteiger partial charge in [0, 0.05) is 43.0 Å². The highest BCUT2D eigenvalue weighted by Gasteiger charge is 2.22. The molecule has 0 aromatic heterocycles. The van der Waals surface area contributed by atoms with Gasteiger partial charge in [-0.05, 0) is 68.1 Å². The molecule has 2 aromatic carbocycles. The Morgan fingerprint density at radius 1 is 0.931 bits per heavy atom. The highest BCUT2D eigenvalue weighted by molar-refractivity contribution is 6.05. The van der Waals surface area contributed by atoms with E-state index in [2.05, 4.69) is 10.2 Å². The Morgan fingerprint density at radius 3 is 2.31 bits per heavy atom. The van der Waals surface area contributed by atoms with E-state index in [0.29, 0.717) is 23.4 Å². The number of hydrogen-bond acceptors (Lipinski definition) is 4. The number of rotatable bonds is 5. The molecule has 29 heavy (non-hydrogen) atoms. The van der Waals surface area contributed by atoms with Gasteiger partial charge in [0.1, 0.15) is 5.75 Å². The van der Waals surface area contributed by atoms with Crippen LogP contribution in [0.5, 0.6) is 5.75 Å².